The molecule has 2 aromatic carbocycles. The predicted octanol–water partition coefficient (Wildman–Crippen LogP) is 3.21. The Bertz CT molecular complexity index is 669. The standard InChI is InChI=1S/C15H16FNO2S/c1-12(13-6-4-3-5-7-13)17(2)20(18,19)15-10-8-14(16)9-11-15/h3-12H,1-2H3. The zero-order chi connectivity index (χ0) is 14.8. The second-order valence-electron chi connectivity index (χ2n) is 4.56. The van der Waals surface area contributed by atoms with Crippen molar-refractivity contribution in [2.24, 2.45) is 0 Å². The molecule has 5 heteroatoms. The molecule has 20 heavy (non-hydrogen) atoms. The van der Waals surface area contributed by atoms with Gasteiger partial charge >= 0.3 is 0 Å². The molecule has 0 aliphatic heterocycles. The van der Waals surface area contributed by atoms with Gasteiger partial charge in [-0.3, -0.25) is 0 Å². The van der Waals surface area contributed by atoms with E-state index < -0.39 is 15.8 Å². The topological polar surface area (TPSA) is 37.4 Å². The van der Waals surface area contributed by atoms with Crippen LogP contribution in [0, 0.1) is 5.82 Å². The molecular weight excluding hydrogens is 277 g/mol. The van der Waals surface area contributed by atoms with Gasteiger partial charge in [0.2, 0.25) is 10.0 Å². The van der Waals surface area contributed by atoms with Crippen molar-refractivity contribution >= 4 is 10.0 Å². The van der Waals surface area contributed by atoms with E-state index in [4.69, 9.17) is 0 Å². The van der Waals surface area contributed by atoms with Crippen molar-refractivity contribution in [3.05, 3.63) is 66.0 Å². The van der Waals surface area contributed by atoms with E-state index >= 15 is 0 Å². The maximum absolute atomic E-state index is 12.9. The normalized spacial score (nSPS) is 13.4. The Morgan fingerprint density at radius 2 is 1.55 bits per heavy atom. The lowest BCUT2D eigenvalue weighted by Gasteiger charge is -2.24. The average Bonchev–Trinajstić information content (AvgIpc) is 2.47. The zero-order valence-corrected chi connectivity index (χ0v) is 12.1. The molecule has 0 amide bonds. The summed E-state index contributed by atoms with van der Waals surface area (Å²) in [7, 11) is -2.11. The first-order chi connectivity index (χ1) is 9.43. The van der Waals surface area contributed by atoms with Gasteiger partial charge in [0.15, 0.2) is 0 Å². The van der Waals surface area contributed by atoms with Gasteiger partial charge in [-0.15, -0.1) is 0 Å². The Balaban J connectivity index is 2.32. The van der Waals surface area contributed by atoms with Crippen molar-refractivity contribution in [3.63, 3.8) is 0 Å². The number of benzene rings is 2. The molecule has 0 aromatic heterocycles. The third-order valence-electron chi connectivity index (χ3n) is 3.32. The second-order valence-corrected chi connectivity index (χ2v) is 6.56. The van der Waals surface area contributed by atoms with Crippen LogP contribution in [0.15, 0.2) is 59.5 Å². The van der Waals surface area contributed by atoms with E-state index in [0.29, 0.717) is 0 Å². The highest BCUT2D eigenvalue weighted by molar-refractivity contribution is 7.89. The number of hydrogen-bond donors (Lipinski definition) is 0. The van der Waals surface area contributed by atoms with E-state index in [1.54, 1.807) is 0 Å². The van der Waals surface area contributed by atoms with Crippen molar-refractivity contribution < 1.29 is 12.8 Å². The fourth-order valence-corrected chi connectivity index (χ4v) is 3.27. The third-order valence-corrected chi connectivity index (χ3v) is 5.26. The van der Waals surface area contributed by atoms with Crippen molar-refractivity contribution in [2.75, 3.05) is 7.05 Å². The first-order valence-electron chi connectivity index (χ1n) is 6.21. The molecule has 3 nitrogen and oxygen atoms in total. The quantitative estimate of drug-likeness (QED) is 0.868. The predicted molar refractivity (Wildman–Crippen MR) is 76.2 cm³/mol. The van der Waals surface area contributed by atoms with Crippen LogP contribution in [0.5, 0.6) is 0 Å². The van der Waals surface area contributed by atoms with E-state index in [9.17, 15) is 12.8 Å². The molecule has 0 fully saturated rings. The van der Waals surface area contributed by atoms with Crippen molar-refractivity contribution in [1.82, 2.24) is 4.31 Å². The summed E-state index contributed by atoms with van der Waals surface area (Å²) in [6.45, 7) is 1.82. The summed E-state index contributed by atoms with van der Waals surface area (Å²) in [6, 6.07) is 13.9. The molecule has 0 aliphatic carbocycles. The Labute approximate surface area is 118 Å². The molecule has 0 saturated heterocycles. The summed E-state index contributed by atoms with van der Waals surface area (Å²) < 4.78 is 39.1. The van der Waals surface area contributed by atoms with E-state index in [1.165, 1.54) is 23.5 Å². The highest BCUT2D eigenvalue weighted by Gasteiger charge is 2.26. The van der Waals surface area contributed by atoms with Gasteiger partial charge in [0.25, 0.3) is 0 Å². The fraction of sp³-hybridized carbons (Fsp3) is 0.200. The lowest BCUT2D eigenvalue weighted by Crippen LogP contribution is -2.29. The molecule has 0 heterocycles. The summed E-state index contributed by atoms with van der Waals surface area (Å²) in [5, 5.41) is 0. The van der Waals surface area contributed by atoms with Crippen LogP contribution in [0.3, 0.4) is 0 Å². The fourth-order valence-electron chi connectivity index (χ4n) is 1.92. The molecule has 0 radical (unpaired) electrons. The third kappa shape index (κ3) is 2.89. The number of nitrogens with zero attached hydrogens (tertiary/aromatic N) is 1. The summed E-state index contributed by atoms with van der Waals surface area (Å²) in [5.74, 6) is -0.456. The summed E-state index contributed by atoms with van der Waals surface area (Å²) >= 11 is 0. The Kier molecular flexibility index (Phi) is 4.20. The molecule has 0 aliphatic rings. The minimum atomic E-state index is -3.64. The van der Waals surface area contributed by atoms with Crippen molar-refractivity contribution in [1.29, 1.82) is 0 Å². The Morgan fingerprint density at radius 3 is 2.10 bits per heavy atom. The summed E-state index contributed by atoms with van der Waals surface area (Å²) in [4.78, 5) is 0.0872. The van der Waals surface area contributed by atoms with Gasteiger partial charge in [0, 0.05) is 13.1 Å². The summed E-state index contributed by atoms with van der Waals surface area (Å²) in [5.41, 5.74) is 0.903. The minimum absolute atomic E-state index is 0.0872. The van der Waals surface area contributed by atoms with Gasteiger partial charge in [-0.05, 0) is 36.8 Å². The average molecular weight is 293 g/mol. The molecule has 106 valence electrons. The van der Waals surface area contributed by atoms with Crippen molar-refractivity contribution in [2.45, 2.75) is 17.9 Å². The Hall–Kier alpha value is -1.72. The highest BCUT2D eigenvalue weighted by atomic mass is 32.2. The molecular formula is C15H16FNO2S. The van der Waals surface area contributed by atoms with Crippen LogP contribution in [0.2, 0.25) is 0 Å². The van der Waals surface area contributed by atoms with Crippen LogP contribution in [0.4, 0.5) is 4.39 Å². The van der Waals surface area contributed by atoms with Gasteiger partial charge in [-0.25, -0.2) is 12.8 Å². The SMILES string of the molecule is CC(c1ccccc1)N(C)S(=O)(=O)c1ccc(F)cc1. The number of hydrogen-bond acceptors (Lipinski definition) is 2. The molecule has 0 saturated carbocycles. The molecule has 0 N–H and O–H groups in total. The second kappa shape index (κ2) is 5.73. The molecule has 2 aromatic rings. The molecule has 0 spiro atoms. The molecule has 1 atom stereocenters. The van der Waals surface area contributed by atoms with Crippen LogP contribution in [0.25, 0.3) is 0 Å². The van der Waals surface area contributed by atoms with Gasteiger partial charge in [0.05, 0.1) is 4.90 Å². The van der Waals surface area contributed by atoms with E-state index in [-0.39, 0.29) is 10.9 Å². The lowest BCUT2D eigenvalue weighted by atomic mass is 10.1. The van der Waals surface area contributed by atoms with Crippen LogP contribution < -0.4 is 0 Å². The zero-order valence-electron chi connectivity index (χ0n) is 11.3. The van der Waals surface area contributed by atoms with Gasteiger partial charge in [0.1, 0.15) is 5.82 Å². The molecule has 2 rings (SSSR count). The maximum Gasteiger partial charge on any atom is 0.243 e. The van der Waals surface area contributed by atoms with E-state index in [0.717, 1.165) is 17.7 Å². The number of halogens is 1. The smallest absolute Gasteiger partial charge is 0.207 e. The van der Waals surface area contributed by atoms with Crippen LogP contribution in [0.1, 0.15) is 18.5 Å². The van der Waals surface area contributed by atoms with Gasteiger partial charge < -0.3 is 0 Å². The number of sulfonamides is 1. The molecule has 1 unspecified atom stereocenters. The first kappa shape index (κ1) is 14.7. The van der Waals surface area contributed by atoms with Gasteiger partial charge in [-0.2, -0.15) is 4.31 Å². The monoisotopic (exact) mass is 293 g/mol. The van der Waals surface area contributed by atoms with Crippen LogP contribution in [-0.2, 0) is 10.0 Å². The number of rotatable bonds is 4. The lowest BCUT2D eigenvalue weighted by molar-refractivity contribution is 0.398. The van der Waals surface area contributed by atoms with Crippen molar-refractivity contribution in [3.8, 4) is 0 Å². The van der Waals surface area contributed by atoms with Crippen LogP contribution in [-0.4, -0.2) is 19.8 Å². The van der Waals surface area contributed by atoms with Gasteiger partial charge in [-0.1, -0.05) is 30.3 Å². The van der Waals surface area contributed by atoms with E-state index in [1.807, 2.05) is 37.3 Å². The van der Waals surface area contributed by atoms with E-state index in [2.05, 4.69) is 0 Å². The first-order valence-corrected chi connectivity index (χ1v) is 7.65. The molecule has 0 bridgehead atoms. The summed E-state index contributed by atoms with van der Waals surface area (Å²) in [6.07, 6.45) is 0. The van der Waals surface area contributed by atoms with Crippen LogP contribution >= 0.6 is 0 Å². The Morgan fingerprint density at radius 1 is 1.00 bits per heavy atom. The largest absolute Gasteiger partial charge is 0.243 e. The maximum atomic E-state index is 12.9. The highest BCUT2D eigenvalue weighted by Crippen LogP contribution is 2.25. The minimum Gasteiger partial charge on any atom is -0.207 e.